The van der Waals surface area contributed by atoms with Gasteiger partial charge in [-0.2, -0.15) is 18.4 Å². The Morgan fingerprint density at radius 3 is 2.64 bits per heavy atom. The van der Waals surface area contributed by atoms with E-state index in [0.717, 1.165) is 6.20 Å². The van der Waals surface area contributed by atoms with Crippen LogP contribution in [0, 0.1) is 11.3 Å². The molecule has 0 aliphatic carbocycles. The fraction of sp³-hybridized carbons (Fsp3) is 0.333. The summed E-state index contributed by atoms with van der Waals surface area (Å²) in [5.74, 6) is -0.805. The molecule has 5 heteroatoms. The van der Waals surface area contributed by atoms with Crippen LogP contribution in [-0.4, -0.2) is 4.98 Å². The quantitative estimate of drug-likeness (QED) is 0.698. The first kappa shape index (κ1) is 10.5. The van der Waals surface area contributed by atoms with Crippen LogP contribution in [0.4, 0.5) is 13.2 Å². The number of rotatable bonds is 1. The summed E-state index contributed by atoms with van der Waals surface area (Å²) in [6, 6.07) is 4.41. The summed E-state index contributed by atoms with van der Waals surface area (Å²) in [4.78, 5) is 3.24. The Balaban J connectivity index is 3.25. The van der Waals surface area contributed by atoms with Crippen molar-refractivity contribution in [2.24, 2.45) is 0 Å². The molecule has 0 radical (unpaired) electrons. The molecule has 0 aliphatic rings. The number of pyridine rings is 1. The van der Waals surface area contributed by atoms with Crippen molar-refractivity contribution in [3.8, 4) is 6.07 Å². The molecular formula is C9H7F3N2. The second-order valence-corrected chi connectivity index (χ2v) is 2.79. The maximum Gasteiger partial charge on any atom is 0.433 e. The van der Waals surface area contributed by atoms with E-state index < -0.39 is 17.8 Å². The lowest BCUT2D eigenvalue weighted by atomic mass is 10.0. The summed E-state index contributed by atoms with van der Waals surface area (Å²) < 4.78 is 37.1. The molecule has 0 saturated heterocycles. The van der Waals surface area contributed by atoms with Crippen molar-refractivity contribution in [1.29, 1.82) is 5.26 Å². The van der Waals surface area contributed by atoms with Gasteiger partial charge in [0.15, 0.2) is 0 Å². The van der Waals surface area contributed by atoms with Gasteiger partial charge in [-0.05, 0) is 18.6 Å². The zero-order chi connectivity index (χ0) is 10.8. The van der Waals surface area contributed by atoms with Crippen molar-refractivity contribution in [2.75, 3.05) is 0 Å². The highest BCUT2D eigenvalue weighted by Gasteiger charge is 2.36. The largest absolute Gasteiger partial charge is 0.433 e. The molecule has 0 fully saturated rings. The summed E-state index contributed by atoms with van der Waals surface area (Å²) in [6.45, 7) is 1.41. The molecule has 0 spiro atoms. The van der Waals surface area contributed by atoms with Crippen LogP contribution >= 0.6 is 0 Å². The molecule has 0 aromatic carbocycles. The Bertz CT molecular complexity index is 365. The lowest BCUT2D eigenvalue weighted by Gasteiger charge is -2.11. The zero-order valence-corrected chi connectivity index (χ0v) is 7.34. The predicted octanol–water partition coefficient (Wildman–Crippen LogP) is 2.73. The van der Waals surface area contributed by atoms with Crippen LogP contribution in [-0.2, 0) is 6.18 Å². The molecule has 0 bridgehead atoms. The molecule has 0 amide bonds. The number of aromatic nitrogens is 1. The summed E-state index contributed by atoms with van der Waals surface area (Å²) in [7, 11) is 0. The molecule has 74 valence electrons. The summed E-state index contributed by atoms with van der Waals surface area (Å²) in [5, 5.41) is 8.53. The average molecular weight is 200 g/mol. The number of halogens is 3. The second-order valence-electron chi connectivity index (χ2n) is 2.79. The monoisotopic (exact) mass is 200 g/mol. The normalized spacial score (nSPS) is 13.4. The fourth-order valence-corrected chi connectivity index (χ4v) is 1.07. The van der Waals surface area contributed by atoms with E-state index in [0.29, 0.717) is 0 Å². The van der Waals surface area contributed by atoms with Crippen LogP contribution in [0.15, 0.2) is 18.3 Å². The zero-order valence-electron chi connectivity index (χ0n) is 7.34. The molecule has 0 saturated carbocycles. The minimum Gasteiger partial charge on any atom is -0.251 e. The first-order valence-corrected chi connectivity index (χ1v) is 3.88. The molecular weight excluding hydrogens is 193 g/mol. The van der Waals surface area contributed by atoms with E-state index in [-0.39, 0.29) is 5.56 Å². The van der Waals surface area contributed by atoms with Gasteiger partial charge in [-0.3, -0.25) is 4.98 Å². The SMILES string of the molecule is CC(C#N)c1cccnc1C(F)(F)F. The van der Waals surface area contributed by atoms with Crippen molar-refractivity contribution in [2.45, 2.75) is 19.0 Å². The lowest BCUT2D eigenvalue weighted by Crippen LogP contribution is -2.12. The summed E-state index contributed by atoms with van der Waals surface area (Å²) in [5.41, 5.74) is -1.06. The standard InChI is InChI=1S/C9H7F3N2/c1-6(5-13)7-3-2-4-14-8(7)9(10,11)12/h2-4,6H,1H3. The van der Waals surface area contributed by atoms with Crippen molar-refractivity contribution >= 4 is 0 Å². The summed E-state index contributed by atoms with van der Waals surface area (Å²) in [6.07, 6.45) is -3.43. The average Bonchev–Trinajstić information content (AvgIpc) is 2.15. The summed E-state index contributed by atoms with van der Waals surface area (Å²) >= 11 is 0. The van der Waals surface area contributed by atoms with Crippen molar-refractivity contribution < 1.29 is 13.2 Å². The predicted molar refractivity (Wildman–Crippen MR) is 43.3 cm³/mol. The molecule has 1 heterocycles. The van der Waals surface area contributed by atoms with Crippen molar-refractivity contribution in [3.63, 3.8) is 0 Å². The number of hydrogen-bond acceptors (Lipinski definition) is 2. The molecule has 0 N–H and O–H groups in total. The molecule has 1 aromatic rings. The highest BCUT2D eigenvalue weighted by atomic mass is 19.4. The van der Waals surface area contributed by atoms with Crippen LogP contribution in [0.3, 0.4) is 0 Å². The van der Waals surface area contributed by atoms with Crippen LogP contribution in [0.1, 0.15) is 24.1 Å². The highest BCUT2D eigenvalue weighted by molar-refractivity contribution is 5.29. The molecule has 1 atom stereocenters. The molecule has 14 heavy (non-hydrogen) atoms. The van der Waals surface area contributed by atoms with Gasteiger partial charge >= 0.3 is 6.18 Å². The van der Waals surface area contributed by atoms with Gasteiger partial charge in [0.25, 0.3) is 0 Å². The van der Waals surface area contributed by atoms with E-state index in [1.807, 2.05) is 0 Å². The molecule has 2 nitrogen and oxygen atoms in total. The van der Waals surface area contributed by atoms with Gasteiger partial charge in [-0.1, -0.05) is 6.07 Å². The van der Waals surface area contributed by atoms with E-state index in [1.165, 1.54) is 19.1 Å². The van der Waals surface area contributed by atoms with Crippen molar-refractivity contribution in [1.82, 2.24) is 4.98 Å². The molecule has 1 unspecified atom stereocenters. The minimum absolute atomic E-state index is 0.0810. The van der Waals surface area contributed by atoms with Crippen LogP contribution in [0.5, 0.6) is 0 Å². The maximum atomic E-state index is 12.4. The van der Waals surface area contributed by atoms with Gasteiger partial charge < -0.3 is 0 Å². The van der Waals surface area contributed by atoms with Gasteiger partial charge in [0.1, 0.15) is 5.69 Å². The van der Waals surface area contributed by atoms with Gasteiger partial charge in [-0.15, -0.1) is 0 Å². The van der Waals surface area contributed by atoms with E-state index >= 15 is 0 Å². The molecule has 1 aromatic heterocycles. The minimum atomic E-state index is -4.50. The van der Waals surface area contributed by atoms with Crippen LogP contribution in [0.25, 0.3) is 0 Å². The Morgan fingerprint density at radius 2 is 2.14 bits per heavy atom. The number of nitrogens with zero attached hydrogens (tertiary/aromatic N) is 2. The highest BCUT2D eigenvalue weighted by Crippen LogP contribution is 2.32. The van der Waals surface area contributed by atoms with Gasteiger partial charge in [0.2, 0.25) is 0 Å². The number of nitriles is 1. The number of alkyl halides is 3. The third-order valence-corrected chi connectivity index (χ3v) is 1.77. The third kappa shape index (κ3) is 2.02. The Kier molecular flexibility index (Phi) is 2.75. The Labute approximate surface area is 79.0 Å². The first-order chi connectivity index (χ1) is 6.46. The van der Waals surface area contributed by atoms with Crippen LogP contribution < -0.4 is 0 Å². The van der Waals surface area contributed by atoms with Gasteiger partial charge in [-0.25, -0.2) is 0 Å². The van der Waals surface area contributed by atoms with E-state index in [4.69, 9.17) is 5.26 Å². The lowest BCUT2D eigenvalue weighted by molar-refractivity contribution is -0.141. The van der Waals surface area contributed by atoms with E-state index in [9.17, 15) is 13.2 Å². The Morgan fingerprint density at radius 1 is 1.50 bits per heavy atom. The molecule has 1 rings (SSSR count). The van der Waals surface area contributed by atoms with E-state index in [2.05, 4.69) is 4.98 Å². The Hall–Kier alpha value is -1.57. The van der Waals surface area contributed by atoms with Gasteiger partial charge in [0, 0.05) is 6.20 Å². The topological polar surface area (TPSA) is 36.7 Å². The first-order valence-electron chi connectivity index (χ1n) is 3.88. The van der Waals surface area contributed by atoms with Crippen molar-refractivity contribution in [3.05, 3.63) is 29.6 Å². The van der Waals surface area contributed by atoms with Gasteiger partial charge in [0.05, 0.1) is 12.0 Å². The fourth-order valence-electron chi connectivity index (χ4n) is 1.07. The van der Waals surface area contributed by atoms with E-state index in [1.54, 1.807) is 6.07 Å². The number of hydrogen-bond donors (Lipinski definition) is 0. The maximum absolute atomic E-state index is 12.4. The smallest absolute Gasteiger partial charge is 0.251 e. The molecule has 0 aliphatic heterocycles. The second kappa shape index (κ2) is 3.66. The van der Waals surface area contributed by atoms with Crippen LogP contribution in [0.2, 0.25) is 0 Å². The third-order valence-electron chi connectivity index (χ3n) is 1.77.